The molecule has 34 heavy (non-hydrogen) atoms. The monoisotopic (exact) mass is 489 g/mol. The van der Waals surface area contributed by atoms with Crippen molar-refractivity contribution < 1.29 is 38.1 Å². The van der Waals surface area contributed by atoms with E-state index in [1.807, 2.05) is 0 Å². The van der Waals surface area contributed by atoms with Crippen LogP contribution in [0.15, 0.2) is 60.7 Å². The molecule has 2 aliphatic carbocycles. The molecule has 10 heteroatoms. The summed E-state index contributed by atoms with van der Waals surface area (Å²) in [5.74, 6) is -3.67. The van der Waals surface area contributed by atoms with Gasteiger partial charge in [-0.15, -0.1) is 12.4 Å². The lowest BCUT2D eigenvalue weighted by Gasteiger charge is -2.24. The fourth-order valence-electron chi connectivity index (χ4n) is 4.39. The Kier molecular flexibility index (Phi) is 7.90. The normalized spacial score (nSPS) is 24.1. The molecular weight excluding hydrogens is 466 g/mol. The van der Waals surface area contributed by atoms with E-state index in [2.05, 4.69) is 0 Å². The number of esters is 4. The molecular formula is C24H24ClNO8. The molecule has 2 saturated carbocycles. The highest BCUT2D eigenvalue weighted by Gasteiger charge is 2.70. The number of fused-ring (bicyclic) bond motifs is 1. The SMILES string of the molecule is Cl.N[C@@]1(C(=O)OCOC(=O)c2ccccc2)CC[C@H]2[C@H](C(=O)OCOC(=O)c3ccccc3)[C@H]21. The van der Waals surface area contributed by atoms with Gasteiger partial charge in [-0.2, -0.15) is 0 Å². The largest absolute Gasteiger partial charge is 0.428 e. The third-order valence-corrected chi connectivity index (χ3v) is 6.10. The molecule has 9 nitrogen and oxygen atoms in total. The van der Waals surface area contributed by atoms with Crippen LogP contribution in [0.5, 0.6) is 0 Å². The minimum absolute atomic E-state index is 0. The molecule has 0 heterocycles. The van der Waals surface area contributed by atoms with Crippen LogP contribution in [-0.2, 0) is 28.5 Å². The van der Waals surface area contributed by atoms with Crippen LogP contribution in [0.2, 0.25) is 0 Å². The molecule has 0 bridgehead atoms. The van der Waals surface area contributed by atoms with Gasteiger partial charge in [0, 0.05) is 5.92 Å². The van der Waals surface area contributed by atoms with Crippen LogP contribution in [0, 0.1) is 17.8 Å². The van der Waals surface area contributed by atoms with Gasteiger partial charge in [0.1, 0.15) is 5.54 Å². The fraction of sp³-hybridized carbons (Fsp3) is 0.333. The number of benzene rings is 2. The molecule has 4 rings (SSSR count). The fourth-order valence-corrected chi connectivity index (χ4v) is 4.39. The predicted octanol–water partition coefficient (Wildman–Crippen LogP) is 2.48. The number of carbonyl (C=O) groups excluding carboxylic acids is 4. The van der Waals surface area contributed by atoms with E-state index >= 15 is 0 Å². The highest BCUT2D eigenvalue weighted by atomic mass is 35.5. The Bertz CT molecular complexity index is 1050. The molecule has 0 aliphatic heterocycles. The number of carbonyl (C=O) groups is 4. The highest BCUT2D eigenvalue weighted by molar-refractivity contribution is 5.90. The number of rotatable bonds is 8. The average Bonchev–Trinajstić information content (AvgIpc) is 3.49. The van der Waals surface area contributed by atoms with Gasteiger partial charge in [0.15, 0.2) is 0 Å². The van der Waals surface area contributed by atoms with Crippen LogP contribution < -0.4 is 5.73 Å². The summed E-state index contributed by atoms with van der Waals surface area (Å²) in [6.45, 7) is -1.10. The highest BCUT2D eigenvalue weighted by Crippen LogP contribution is 2.62. The van der Waals surface area contributed by atoms with Crippen molar-refractivity contribution in [3.05, 3.63) is 71.8 Å². The smallest absolute Gasteiger partial charge is 0.340 e. The summed E-state index contributed by atoms with van der Waals surface area (Å²) in [5, 5.41) is 0. The van der Waals surface area contributed by atoms with Gasteiger partial charge >= 0.3 is 23.9 Å². The van der Waals surface area contributed by atoms with Crippen molar-refractivity contribution in [1.29, 1.82) is 0 Å². The summed E-state index contributed by atoms with van der Waals surface area (Å²) < 4.78 is 20.1. The number of hydrogen-bond donors (Lipinski definition) is 1. The second-order valence-electron chi connectivity index (χ2n) is 8.02. The van der Waals surface area contributed by atoms with E-state index in [4.69, 9.17) is 24.7 Å². The van der Waals surface area contributed by atoms with Gasteiger partial charge < -0.3 is 24.7 Å². The molecule has 180 valence electrons. The maximum atomic E-state index is 12.6. The van der Waals surface area contributed by atoms with Crippen LogP contribution in [-0.4, -0.2) is 43.0 Å². The Morgan fingerprint density at radius 3 is 1.82 bits per heavy atom. The number of nitrogens with two attached hydrogens (primary N) is 1. The Morgan fingerprint density at radius 1 is 0.794 bits per heavy atom. The van der Waals surface area contributed by atoms with Crippen molar-refractivity contribution in [3.8, 4) is 0 Å². The lowest BCUT2D eigenvalue weighted by atomic mass is 9.91. The van der Waals surface area contributed by atoms with E-state index in [-0.39, 0.29) is 18.3 Å². The molecule has 2 aromatic rings. The second-order valence-corrected chi connectivity index (χ2v) is 8.02. The summed E-state index contributed by atoms with van der Waals surface area (Å²) in [5.41, 5.74) is 5.59. The molecule has 4 atom stereocenters. The third-order valence-electron chi connectivity index (χ3n) is 6.10. The van der Waals surface area contributed by atoms with E-state index in [1.165, 1.54) is 0 Å². The van der Waals surface area contributed by atoms with Gasteiger partial charge in [-0.25, -0.2) is 14.4 Å². The van der Waals surface area contributed by atoms with E-state index in [0.717, 1.165) is 0 Å². The van der Waals surface area contributed by atoms with E-state index in [0.29, 0.717) is 24.0 Å². The van der Waals surface area contributed by atoms with Crippen LogP contribution in [0.1, 0.15) is 33.6 Å². The van der Waals surface area contributed by atoms with Crippen molar-refractivity contribution in [2.75, 3.05) is 13.6 Å². The molecule has 2 fully saturated rings. The van der Waals surface area contributed by atoms with Gasteiger partial charge in [-0.1, -0.05) is 36.4 Å². The van der Waals surface area contributed by atoms with Crippen LogP contribution in [0.4, 0.5) is 0 Å². The molecule has 0 spiro atoms. The zero-order chi connectivity index (χ0) is 23.4. The summed E-state index contributed by atoms with van der Waals surface area (Å²) >= 11 is 0. The summed E-state index contributed by atoms with van der Waals surface area (Å²) in [6, 6.07) is 16.6. The molecule has 0 radical (unpaired) electrons. The van der Waals surface area contributed by atoms with Gasteiger partial charge in [0.25, 0.3) is 0 Å². The summed E-state index contributed by atoms with van der Waals surface area (Å²) in [7, 11) is 0. The first-order chi connectivity index (χ1) is 15.9. The first-order valence-corrected chi connectivity index (χ1v) is 10.5. The van der Waals surface area contributed by atoms with Crippen molar-refractivity contribution in [2.45, 2.75) is 18.4 Å². The summed E-state index contributed by atoms with van der Waals surface area (Å²) in [4.78, 5) is 48.9. The van der Waals surface area contributed by atoms with Crippen molar-refractivity contribution in [1.82, 2.24) is 0 Å². The van der Waals surface area contributed by atoms with E-state index in [9.17, 15) is 19.2 Å². The van der Waals surface area contributed by atoms with Crippen molar-refractivity contribution in [2.24, 2.45) is 23.5 Å². The predicted molar refractivity (Wildman–Crippen MR) is 120 cm³/mol. The number of ether oxygens (including phenoxy) is 4. The molecule has 0 aromatic heterocycles. The lowest BCUT2D eigenvalue weighted by molar-refractivity contribution is -0.160. The van der Waals surface area contributed by atoms with Gasteiger partial charge in [0.05, 0.1) is 17.0 Å². The van der Waals surface area contributed by atoms with Crippen molar-refractivity contribution >= 4 is 36.3 Å². The third kappa shape index (κ3) is 5.21. The number of halogens is 1. The van der Waals surface area contributed by atoms with Crippen LogP contribution in [0.25, 0.3) is 0 Å². The zero-order valence-electron chi connectivity index (χ0n) is 18.1. The maximum absolute atomic E-state index is 12.6. The van der Waals surface area contributed by atoms with Crippen LogP contribution >= 0.6 is 12.4 Å². The van der Waals surface area contributed by atoms with E-state index < -0.39 is 54.8 Å². The first-order valence-electron chi connectivity index (χ1n) is 10.5. The Hall–Kier alpha value is -3.43. The topological polar surface area (TPSA) is 131 Å². The molecule has 2 N–H and O–H groups in total. The Morgan fingerprint density at radius 2 is 1.29 bits per heavy atom. The molecule has 0 unspecified atom stereocenters. The number of hydrogen-bond acceptors (Lipinski definition) is 9. The molecule has 2 aromatic carbocycles. The van der Waals surface area contributed by atoms with Gasteiger partial charge in [-0.05, 0) is 43.0 Å². The standard InChI is InChI=1S/C24H23NO8.ClH/c25-24(23(29)33-14-31-21(27)16-9-5-2-6-10-16)12-11-17-18(19(17)24)22(28)32-13-30-20(26)15-7-3-1-4-8-15;/h1-10,17-19H,11-14,25H2;1H/t17-,18-,19-,24-;/m0./s1. The van der Waals surface area contributed by atoms with Crippen LogP contribution in [0.3, 0.4) is 0 Å². The first kappa shape index (κ1) is 25.2. The van der Waals surface area contributed by atoms with Gasteiger partial charge in [0.2, 0.25) is 13.6 Å². The Balaban J connectivity index is 0.00000324. The Labute approximate surface area is 201 Å². The average molecular weight is 490 g/mol. The minimum Gasteiger partial charge on any atom is -0.428 e. The quantitative estimate of drug-likeness (QED) is 0.438. The molecule has 0 amide bonds. The van der Waals surface area contributed by atoms with Gasteiger partial charge in [-0.3, -0.25) is 4.79 Å². The van der Waals surface area contributed by atoms with E-state index in [1.54, 1.807) is 60.7 Å². The summed E-state index contributed by atoms with van der Waals surface area (Å²) in [6.07, 6.45) is 0.907. The van der Waals surface area contributed by atoms with Crippen molar-refractivity contribution in [3.63, 3.8) is 0 Å². The lowest BCUT2D eigenvalue weighted by Crippen LogP contribution is -2.51. The zero-order valence-corrected chi connectivity index (χ0v) is 18.9. The second kappa shape index (κ2) is 10.7. The minimum atomic E-state index is -1.37. The molecule has 0 saturated heterocycles. The molecule has 2 aliphatic rings. The maximum Gasteiger partial charge on any atom is 0.340 e.